The summed E-state index contributed by atoms with van der Waals surface area (Å²) < 4.78 is 40.2. The Bertz CT molecular complexity index is 625. The van der Waals surface area contributed by atoms with Crippen LogP contribution in [0.4, 0.5) is 8.78 Å². The SMILES string of the molecule is CCOc1cccc(CNC(=O)[C@@H]2CC[C@H](C(=O)O)O2)c1OC(F)F. The van der Waals surface area contributed by atoms with Gasteiger partial charge in [-0.2, -0.15) is 8.78 Å². The molecule has 0 aromatic heterocycles. The molecule has 0 spiro atoms. The van der Waals surface area contributed by atoms with Gasteiger partial charge in [0.15, 0.2) is 17.6 Å². The van der Waals surface area contributed by atoms with Gasteiger partial charge in [0.2, 0.25) is 5.91 Å². The molecule has 2 atom stereocenters. The summed E-state index contributed by atoms with van der Waals surface area (Å²) in [6.07, 6.45) is -1.36. The lowest BCUT2D eigenvalue weighted by atomic mass is 10.1. The topological polar surface area (TPSA) is 94.1 Å². The number of carbonyl (C=O) groups is 2. The number of ether oxygens (including phenoxy) is 3. The van der Waals surface area contributed by atoms with Crippen LogP contribution in [0, 0.1) is 0 Å². The van der Waals surface area contributed by atoms with Gasteiger partial charge < -0.3 is 24.6 Å². The van der Waals surface area contributed by atoms with Crippen LogP contribution in [0.25, 0.3) is 0 Å². The second-order valence-electron chi connectivity index (χ2n) is 5.30. The molecule has 0 radical (unpaired) electrons. The fraction of sp³-hybridized carbons (Fsp3) is 0.500. The first-order valence-electron chi connectivity index (χ1n) is 7.77. The number of hydrogen-bond acceptors (Lipinski definition) is 5. The fourth-order valence-electron chi connectivity index (χ4n) is 2.50. The normalized spacial score (nSPS) is 19.7. The number of carboxylic acid groups (broad SMARTS) is 1. The fourth-order valence-corrected chi connectivity index (χ4v) is 2.50. The van der Waals surface area contributed by atoms with E-state index in [0.29, 0.717) is 5.56 Å². The molecule has 1 aliphatic heterocycles. The Kier molecular flexibility index (Phi) is 6.51. The monoisotopic (exact) mass is 359 g/mol. The number of halogens is 2. The van der Waals surface area contributed by atoms with E-state index in [1.165, 1.54) is 12.1 Å². The summed E-state index contributed by atoms with van der Waals surface area (Å²) >= 11 is 0. The van der Waals surface area contributed by atoms with E-state index in [-0.39, 0.29) is 37.5 Å². The third-order valence-electron chi connectivity index (χ3n) is 3.61. The molecule has 1 saturated heterocycles. The van der Waals surface area contributed by atoms with Gasteiger partial charge in [-0.1, -0.05) is 12.1 Å². The molecule has 2 rings (SSSR count). The summed E-state index contributed by atoms with van der Waals surface area (Å²) in [5, 5.41) is 11.4. The van der Waals surface area contributed by atoms with E-state index >= 15 is 0 Å². The number of benzene rings is 1. The van der Waals surface area contributed by atoms with Crippen molar-refractivity contribution in [2.24, 2.45) is 0 Å². The number of carboxylic acids is 1. The molecular weight excluding hydrogens is 340 g/mol. The van der Waals surface area contributed by atoms with E-state index < -0.39 is 30.7 Å². The molecule has 7 nitrogen and oxygen atoms in total. The standard InChI is InChI=1S/C16H19F2NO6/c1-2-23-10-5-3-4-9(13(10)25-16(17)18)8-19-14(20)11-6-7-12(24-11)15(21)22/h3-5,11-12,16H,2,6-8H2,1H3,(H,19,20)(H,21,22)/t11-,12+/m0/s1. The highest BCUT2D eigenvalue weighted by atomic mass is 19.3. The molecule has 0 bridgehead atoms. The second kappa shape index (κ2) is 8.61. The minimum Gasteiger partial charge on any atom is -0.490 e. The number of rotatable bonds is 8. The number of para-hydroxylation sites is 1. The molecule has 1 fully saturated rings. The summed E-state index contributed by atoms with van der Waals surface area (Å²) in [6.45, 7) is -1.15. The predicted octanol–water partition coefficient (Wildman–Crippen LogP) is 1.94. The Morgan fingerprint density at radius 2 is 2.08 bits per heavy atom. The number of carbonyl (C=O) groups excluding carboxylic acids is 1. The van der Waals surface area contributed by atoms with Crippen molar-refractivity contribution in [1.29, 1.82) is 0 Å². The number of amides is 1. The van der Waals surface area contributed by atoms with E-state index in [1.54, 1.807) is 13.0 Å². The molecule has 1 amide bonds. The third-order valence-corrected chi connectivity index (χ3v) is 3.61. The quantitative estimate of drug-likeness (QED) is 0.737. The zero-order valence-corrected chi connectivity index (χ0v) is 13.5. The van der Waals surface area contributed by atoms with Gasteiger partial charge in [0.25, 0.3) is 0 Å². The van der Waals surface area contributed by atoms with Crippen molar-refractivity contribution in [3.63, 3.8) is 0 Å². The van der Waals surface area contributed by atoms with Crippen molar-refractivity contribution in [2.45, 2.75) is 45.1 Å². The lowest BCUT2D eigenvalue weighted by Crippen LogP contribution is -2.35. The van der Waals surface area contributed by atoms with Crippen LogP contribution in [0.2, 0.25) is 0 Å². The van der Waals surface area contributed by atoms with Crippen molar-refractivity contribution in [1.82, 2.24) is 5.32 Å². The first-order valence-corrected chi connectivity index (χ1v) is 7.77. The zero-order chi connectivity index (χ0) is 18.4. The molecule has 1 aliphatic rings. The second-order valence-corrected chi connectivity index (χ2v) is 5.30. The van der Waals surface area contributed by atoms with Gasteiger partial charge in [0, 0.05) is 12.1 Å². The van der Waals surface area contributed by atoms with Crippen molar-refractivity contribution in [3.05, 3.63) is 23.8 Å². The molecule has 0 aliphatic carbocycles. The molecule has 0 unspecified atom stereocenters. The largest absolute Gasteiger partial charge is 0.490 e. The van der Waals surface area contributed by atoms with Crippen LogP contribution >= 0.6 is 0 Å². The van der Waals surface area contributed by atoms with Crippen LogP contribution < -0.4 is 14.8 Å². The average Bonchev–Trinajstić information content (AvgIpc) is 3.05. The van der Waals surface area contributed by atoms with Crippen LogP contribution in [0.3, 0.4) is 0 Å². The molecule has 9 heteroatoms. The predicted molar refractivity (Wildman–Crippen MR) is 81.6 cm³/mol. The Hall–Kier alpha value is -2.42. The van der Waals surface area contributed by atoms with E-state index in [0.717, 1.165) is 0 Å². The van der Waals surface area contributed by atoms with Crippen molar-refractivity contribution < 1.29 is 37.7 Å². The van der Waals surface area contributed by atoms with E-state index in [1.807, 2.05) is 0 Å². The van der Waals surface area contributed by atoms with Gasteiger partial charge in [0.1, 0.15) is 6.10 Å². The van der Waals surface area contributed by atoms with Crippen molar-refractivity contribution >= 4 is 11.9 Å². The Labute approximate surface area is 142 Å². The summed E-state index contributed by atoms with van der Waals surface area (Å²) in [6, 6.07) is 4.61. The highest BCUT2D eigenvalue weighted by molar-refractivity contribution is 5.82. The first-order chi connectivity index (χ1) is 11.9. The third kappa shape index (κ3) is 5.02. The number of nitrogens with one attached hydrogen (secondary N) is 1. The minimum absolute atomic E-state index is 0.0839. The molecule has 0 saturated carbocycles. The number of aliphatic carboxylic acids is 1. The molecule has 138 valence electrons. The molecular formula is C16H19F2NO6. The van der Waals surface area contributed by atoms with Gasteiger partial charge in [-0.3, -0.25) is 4.79 Å². The molecule has 1 aromatic rings. The number of alkyl halides is 2. The lowest BCUT2D eigenvalue weighted by molar-refractivity contribution is -0.151. The van der Waals surface area contributed by atoms with Crippen LogP contribution in [-0.4, -0.2) is 42.4 Å². The average molecular weight is 359 g/mol. The van der Waals surface area contributed by atoms with E-state index in [4.69, 9.17) is 14.6 Å². The summed E-state index contributed by atoms with van der Waals surface area (Å²) in [4.78, 5) is 22.9. The van der Waals surface area contributed by atoms with Crippen molar-refractivity contribution in [2.75, 3.05) is 6.61 Å². The zero-order valence-electron chi connectivity index (χ0n) is 13.5. The smallest absolute Gasteiger partial charge is 0.387 e. The summed E-state index contributed by atoms with van der Waals surface area (Å²) in [7, 11) is 0. The van der Waals surface area contributed by atoms with E-state index in [9.17, 15) is 18.4 Å². The molecule has 1 aromatic carbocycles. The van der Waals surface area contributed by atoms with Crippen LogP contribution in [0.5, 0.6) is 11.5 Å². The number of hydrogen-bond donors (Lipinski definition) is 2. The Morgan fingerprint density at radius 1 is 1.36 bits per heavy atom. The van der Waals surface area contributed by atoms with Crippen LogP contribution in [-0.2, 0) is 20.9 Å². The maximum atomic E-state index is 12.6. The highest BCUT2D eigenvalue weighted by Crippen LogP contribution is 2.33. The maximum Gasteiger partial charge on any atom is 0.387 e. The van der Waals surface area contributed by atoms with E-state index in [2.05, 4.69) is 10.1 Å². The Morgan fingerprint density at radius 3 is 2.68 bits per heavy atom. The van der Waals surface area contributed by atoms with Gasteiger partial charge in [-0.25, -0.2) is 4.79 Å². The minimum atomic E-state index is -3.04. The Balaban J connectivity index is 2.03. The van der Waals surface area contributed by atoms with Gasteiger partial charge in [-0.15, -0.1) is 0 Å². The first kappa shape index (κ1) is 18.9. The van der Waals surface area contributed by atoms with Gasteiger partial charge in [0.05, 0.1) is 6.61 Å². The van der Waals surface area contributed by atoms with Crippen LogP contribution in [0.15, 0.2) is 18.2 Å². The molecule has 1 heterocycles. The summed E-state index contributed by atoms with van der Waals surface area (Å²) in [5.41, 5.74) is 0.312. The molecule has 25 heavy (non-hydrogen) atoms. The van der Waals surface area contributed by atoms with Crippen LogP contribution in [0.1, 0.15) is 25.3 Å². The maximum absolute atomic E-state index is 12.6. The molecule has 2 N–H and O–H groups in total. The van der Waals surface area contributed by atoms with Gasteiger partial charge >= 0.3 is 12.6 Å². The summed E-state index contributed by atoms with van der Waals surface area (Å²) in [5.74, 6) is -1.62. The highest BCUT2D eigenvalue weighted by Gasteiger charge is 2.34. The van der Waals surface area contributed by atoms with Gasteiger partial charge in [-0.05, 0) is 25.8 Å². The lowest BCUT2D eigenvalue weighted by Gasteiger charge is -2.17. The van der Waals surface area contributed by atoms with Crippen molar-refractivity contribution in [3.8, 4) is 11.5 Å².